The fraction of sp³-hybridized carbons (Fsp3) is 0.600. The van der Waals surface area contributed by atoms with Gasteiger partial charge in [0.1, 0.15) is 0 Å². The molecular weight excluding hydrogens is 226 g/mol. The summed E-state index contributed by atoms with van der Waals surface area (Å²) in [5, 5.41) is 3.53. The molecule has 1 aromatic carbocycles. The molecule has 1 heterocycles. The maximum atomic E-state index is 3.53. The molecule has 0 saturated carbocycles. The fourth-order valence-electron chi connectivity index (χ4n) is 2.33. The predicted molar refractivity (Wildman–Crippen MR) is 76.8 cm³/mol. The van der Waals surface area contributed by atoms with Crippen LogP contribution in [0.5, 0.6) is 0 Å². The molecule has 1 aliphatic heterocycles. The van der Waals surface area contributed by atoms with Crippen LogP contribution in [0.15, 0.2) is 29.2 Å². The summed E-state index contributed by atoms with van der Waals surface area (Å²) in [4.78, 5) is 1.51. The summed E-state index contributed by atoms with van der Waals surface area (Å²) in [6, 6.07) is 8.89. The lowest BCUT2D eigenvalue weighted by Gasteiger charge is -2.11. The molecule has 0 aliphatic carbocycles. The molecule has 2 rings (SSSR count). The van der Waals surface area contributed by atoms with Gasteiger partial charge in [0.2, 0.25) is 0 Å². The van der Waals surface area contributed by atoms with Crippen molar-refractivity contribution in [2.24, 2.45) is 5.92 Å². The molecule has 1 unspecified atom stereocenters. The lowest BCUT2D eigenvalue weighted by molar-refractivity contribution is 0.523. The summed E-state index contributed by atoms with van der Waals surface area (Å²) in [5.41, 5.74) is 1.58. The van der Waals surface area contributed by atoms with Gasteiger partial charge in [0, 0.05) is 10.6 Å². The number of hydrogen-bond donors (Lipinski definition) is 1. The zero-order chi connectivity index (χ0) is 12.1. The molecule has 1 N–H and O–H groups in total. The van der Waals surface area contributed by atoms with Crippen molar-refractivity contribution in [3.8, 4) is 0 Å². The van der Waals surface area contributed by atoms with Crippen molar-refractivity contribution in [3.05, 3.63) is 29.8 Å². The van der Waals surface area contributed by atoms with Gasteiger partial charge >= 0.3 is 0 Å². The van der Waals surface area contributed by atoms with E-state index in [4.69, 9.17) is 0 Å². The molecule has 1 atom stereocenters. The third kappa shape index (κ3) is 3.75. The minimum absolute atomic E-state index is 0.762. The third-order valence-electron chi connectivity index (χ3n) is 3.26. The second-order valence-electron chi connectivity index (χ2n) is 5.29. The van der Waals surface area contributed by atoms with Crippen molar-refractivity contribution in [1.29, 1.82) is 0 Å². The minimum atomic E-state index is 0.762. The Hall–Kier alpha value is -0.470. The van der Waals surface area contributed by atoms with Crippen LogP contribution >= 0.6 is 11.8 Å². The van der Waals surface area contributed by atoms with Crippen LogP contribution in [0.25, 0.3) is 0 Å². The summed E-state index contributed by atoms with van der Waals surface area (Å²) in [6.45, 7) is 6.84. The molecule has 0 radical (unpaired) electrons. The molecule has 1 aromatic rings. The van der Waals surface area contributed by atoms with Crippen LogP contribution in [0.2, 0.25) is 0 Å². The summed E-state index contributed by atoms with van der Waals surface area (Å²) in [7, 11) is 0. The first-order valence-electron chi connectivity index (χ1n) is 6.70. The van der Waals surface area contributed by atoms with E-state index in [9.17, 15) is 0 Å². The van der Waals surface area contributed by atoms with Gasteiger partial charge in [-0.15, -0.1) is 11.8 Å². The van der Waals surface area contributed by atoms with Gasteiger partial charge in [-0.2, -0.15) is 0 Å². The molecular formula is C15H23NS. The standard InChI is InChI=1S/C15H23NS/c1-12(2)10-16-9-5-6-13-11-17-15-8-4-3-7-14(13)15/h3-4,7-8,12-13,16H,5-6,9-11H2,1-2H3. The monoisotopic (exact) mass is 249 g/mol. The van der Waals surface area contributed by atoms with E-state index in [0.717, 1.165) is 18.4 Å². The second-order valence-corrected chi connectivity index (χ2v) is 6.35. The van der Waals surface area contributed by atoms with Crippen molar-refractivity contribution in [1.82, 2.24) is 5.32 Å². The molecule has 0 amide bonds. The van der Waals surface area contributed by atoms with E-state index in [-0.39, 0.29) is 0 Å². The Morgan fingerprint density at radius 2 is 2.18 bits per heavy atom. The maximum Gasteiger partial charge on any atom is 0.0107 e. The lowest BCUT2D eigenvalue weighted by Crippen LogP contribution is -2.21. The molecule has 0 spiro atoms. The normalized spacial score (nSPS) is 18.6. The van der Waals surface area contributed by atoms with Gasteiger partial charge < -0.3 is 5.32 Å². The van der Waals surface area contributed by atoms with E-state index < -0.39 is 0 Å². The highest BCUT2D eigenvalue weighted by Gasteiger charge is 2.21. The zero-order valence-electron chi connectivity index (χ0n) is 10.9. The summed E-state index contributed by atoms with van der Waals surface area (Å²) in [5.74, 6) is 2.83. The molecule has 0 aromatic heterocycles. The topological polar surface area (TPSA) is 12.0 Å². The average molecular weight is 249 g/mol. The minimum Gasteiger partial charge on any atom is -0.316 e. The van der Waals surface area contributed by atoms with Gasteiger partial charge in [-0.05, 0) is 49.4 Å². The van der Waals surface area contributed by atoms with E-state index in [1.54, 1.807) is 5.56 Å². The Balaban J connectivity index is 1.71. The molecule has 1 aliphatic rings. The average Bonchev–Trinajstić information content (AvgIpc) is 2.72. The molecule has 0 bridgehead atoms. The van der Waals surface area contributed by atoms with Crippen LogP contribution < -0.4 is 5.32 Å². The van der Waals surface area contributed by atoms with Gasteiger partial charge in [-0.3, -0.25) is 0 Å². The third-order valence-corrected chi connectivity index (χ3v) is 4.51. The number of thioether (sulfide) groups is 1. The molecule has 0 saturated heterocycles. The Labute approximate surface area is 109 Å². The Morgan fingerprint density at radius 3 is 3.00 bits per heavy atom. The van der Waals surface area contributed by atoms with Crippen LogP contribution in [0, 0.1) is 5.92 Å². The summed E-state index contributed by atoms with van der Waals surface area (Å²) < 4.78 is 0. The highest BCUT2D eigenvalue weighted by Crippen LogP contribution is 2.41. The van der Waals surface area contributed by atoms with Crippen LogP contribution in [0.1, 0.15) is 38.2 Å². The van der Waals surface area contributed by atoms with E-state index >= 15 is 0 Å². The summed E-state index contributed by atoms with van der Waals surface area (Å²) >= 11 is 2.02. The molecule has 17 heavy (non-hydrogen) atoms. The Kier molecular flexibility index (Phi) is 4.93. The number of benzene rings is 1. The lowest BCUT2D eigenvalue weighted by atomic mass is 9.96. The highest BCUT2D eigenvalue weighted by molar-refractivity contribution is 7.99. The summed E-state index contributed by atoms with van der Waals surface area (Å²) in [6.07, 6.45) is 2.63. The highest BCUT2D eigenvalue weighted by atomic mass is 32.2. The van der Waals surface area contributed by atoms with E-state index in [0.29, 0.717) is 0 Å². The van der Waals surface area contributed by atoms with Gasteiger partial charge in [0.05, 0.1) is 0 Å². The maximum absolute atomic E-state index is 3.53. The van der Waals surface area contributed by atoms with Crippen molar-refractivity contribution in [2.75, 3.05) is 18.8 Å². The SMILES string of the molecule is CC(C)CNCCCC1CSc2ccccc21. The Bertz CT molecular complexity index is 349. The van der Waals surface area contributed by atoms with Gasteiger partial charge in [0.25, 0.3) is 0 Å². The molecule has 1 nitrogen and oxygen atoms in total. The number of nitrogens with one attached hydrogen (secondary N) is 1. The number of fused-ring (bicyclic) bond motifs is 1. The van der Waals surface area contributed by atoms with Gasteiger partial charge in [0.15, 0.2) is 0 Å². The number of hydrogen-bond acceptors (Lipinski definition) is 2. The van der Waals surface area contributed by atoms with Crippen molar-refractivity contribution < 1.29 is 0 Å². The molecule has 2 heteroatoms. The Morgan fingerprint density at radius 1 is 1.35 bits per heavy atom. The van der Waals surface area contributed by atoms with E-state index in [1.165, 1.54) is 30.0 Å². The van der Waals surface area contributed by atoms with Crippen LogP contribution in [0.4, 0.5) is 0 Å². The zero-order valence-corrected chi connectivity index (χ0v) is 11.7. The van der Waals surface area contributed by atoms with Crippen molar-refractivity contribution in [3.63, 3.8) is 0 Å². The van der Waals surface area contributed by atoms with Crippen LogP contribution in [-0.4, -0.2) is 18.8 Å². The fourth-order valence-corrected chi connectivity index (χ4v) is 3.64. The molecule has 94 valence electrons. The van der Waals surface area contributed by atoms with Crippen LogP contribution in [0.3, 0.4) is 0 Å². The van der Waals surface area contributed by atoms with Gasteiger partial charge in [-0.1, -0.05) is 32.0 Å². The first-order chi connectivity index (χ1) is 8.27. The number of rotatable bonds is 6. The smallest absolute Gasteiger partial charge is 0.0107 e. The first-order valence-corrected chi connectivity index (χ1v) is 7.68. The quantitative estimate of drug-likeness (QED) is 0.767. The molecule has 0 fully saturated rings. The second kappa shape index (κ2) is 6.46. The largest absolute Gasteiger partial charge is 0.316 e. The first kappa shape index (κ1) is 13.0. The van der Waals surface area contributed by atoms with E-state index in [2.05, 4.69) is 43.4 Å². The van der Waals surface area contributed by atoms with Crippen LogP contribution in [-0.2, 0) is 0 Å². The van der Waals surface area contributed by atoms with Gasteiger partial charge in [-0.25, -0.2) is 0 Å². The van der Waals surface area contributed by atoms with E-state index in [1.807, 2.05) is 11.8 Å². The predicted octanol–water partition coefficient (Wildman–Crippen LogP) is 3.90. The van der Waals surface area contributed by atoms with Crippen molar-refractivity contribution in [2.45, 2.75) is 37.5 Å². The van der Waals surface area contributed by atoms with Crippen molar-refractivity contribution >= 4 is 11.8 Å².